The van der Waals surface area contributed by atoms with Gasteiger partial charge < -0.3 is 44.3 Å². The Morgan fingerprint density at radius 1 is 0.909 bits per heavy atom. The molecule has 0 bridgehead atoms. The summed E-state index contributed by atoms with van der Waals surface area (Å²) in [5.41, 5.74) is 1.27. The van der Waals surface area contributed by atoms with Crippen molar-refractivity contribution in [3.63, 3.8) is 0 Å². The Labute approximate surface area is 321 Å². The second-order valence-electron chi connectivity index (χ2n) is 14.1. The molecular formula is C39H54N6O10. The van der Waals surface area contributed by atoms with E-state index in [2.05, 4.69) is 15.6 Å². The summed E-state index contributed by atoms with van der Waals surface area (Å²) in [5, 5.41) is 6.34. The molecule has 0 radical (unpaired) electrons. The van der Waals surface area contributed by atoms with Gasteiger partial charge in [0, 0.05) is 63.2 Å². The van der Waals surface area contributed by atoms with Crippen molar-refractivity contribution in [1.82, 2.24) is 30.3 Å². The van der Waals surface area contributed by atoms with E-state index < -0.39 is 36.0 Å². The van der Waals surface area contributed by atoms with Crippen molar-refractivity contribution < 1.29 is 47.7 Å². The van der Waals surface area contributed by atoms with E-state index >= 15 is 0 Å². The molecule has 2 saturated heterocycles. The Bertz CT molecular complexity index is 1690. The molecule has 1 aromatic heterocycles. The molecule has 3 aliphatic rings. The van der Waals surface area contributed by atoms with Gasteiger partial charge in [0.05, 0.1) is 18.7 Å². The first-order chi connectivity index (χ1) is 26.6. The number of pyridine rings is 1. The zero-order valence-corrected chi connectivity index (χ0v) is 32.1. The van der Waals surface area contributed by atoms with Crippen LogP contribution >= 0.6 is 0 Å². The summed E-state index contributed by atoms with van der Waals surface area (Å²) in [6.45, 7) is 7.85. The topological polar surface area (TPSA) is 186 Å². The van der Waals surface area contributed by atoms with Crippen molar-refractivity contribution in [2.75, 3.05) is 65.8 Å². The lowest BCUT2D eigenvalue weighted by atomic mass is 10.1. The highest BCUT2D eigenvalue weighted by molar-refractivity contribution is 5.99. The number of piperazine rings is 1. The highest BCUT2D eigenvalue weighted by atomic mass is 16.6. The molecule has 1 aliphatic carbocycles. The molecule has 5 rings (SSSR count). The number of unbranched alkanes of at least 4 members (excludes halogenated alkanes) is 1. The summed E-state index contributed by atoms with van der Waals surface area (Å²) >= 11 is 0. The monoisotopic (exact) mass is 766 g/mol. The Kier molecular flexibility index (Phi) is 15.0. The Morgan fingerprint density at radius 3 is 2.40 bits per heavy atom. The highest BCUT2D eigenvalue weighted by Crippen LogP contribution is 2.28. The van der Waals surface area contributed by atoms with Crippen molar-refractivity contribution in [3.05, 3.63) is 35.5 Å². The molecule has 2 N–H and O–H groups in total. The van der Waals surface area contributed by atoms with Crippen LogP contribution in [0.5, 0.6) is 5.75 Å². The van der Waals surface area contributed by atoms with Gasteiger partial charge >= 0.3 is 12.1 Å². The molecule has 3 fully saturated rings. The lowest BCUT2D eigenvalue weighted by Crippen LogP contribution is -2.56. The van der Waals surface area contributed by atoms with Crippen LogP contribution in [0.1, 0.15) is 81.3 Å². The lowest BCUT2D eigenvalue weighted by Gasteiger charge is -2.36. The number of aromatic nitrogens is 1. The normalized spacial score (nSPS) is 17.4. The first kappa shape index (κ1) is 41.2. The van der Waals surface area contributed by atoms with Crippen LogP contribution in [0.3, 0.4) is 0 Å². The van der Waals surface area contributed by atoms with E-state index in [4.69, 9.17) is 18.9 Å². The number of nitrogens with zero attached hydrogens (tertiary/aromatic N) is 4. The van der Waals surface area contributed by atoms with Crippen LogP contribution in [-0.2, 0) is 33.4 Å². The van der Waals surface area contributed by atoms with E-state index in [9.17, 15) is 28.8 Å². The van der Waals surface area contributed by atoms with E-state index in [0.717, 1.165) is 31.2 Å². The number of benzene rings is 1. The number of esters is 1. The van der Waals surface area contributed by atoms with Crippen molar-refractivity contribution in [2.24, 2.45) is 0 Å². The van der Waals surface area contributed by atoms with E-state index in [1.54, 1.807) is 26.8 Å². The number of carbonyl (C=O) groups is 6. The molecule has 300 valence electrons. The summed E-state index contributed by atoms with van der Waals surface area (Å²) in [6.07, 6.45) is 4.21. The van der Waals surface area contributed by atoms with Crippen LogP contribution in [0.2, 0.25) is 0 Å². The van der Waals surface area contributed by atoms with E-state index in [1.165, 1.54) is 6.07 Å². The Morgan fingerprint density at radius 2 is 1.67 bits per heavy atom. The third-order valence-electron chi connectivity index (χ3n) is 9.82. The number of fused-ring (bicyclic) bond motifs is 1. The Hall–Kier alpha value is -4.99. The summed E-state index contributed by atoms with van der Waals surface area (Å²) in [4.78, 5) is 88.3. The van der Waals surface area contributed by atoms with Gasteiger partial charge in [0.1, 0.15) is 30.1 Å². The molecule has 3 heterocycles. The average Bonchev–Trinajstić information content (AvgIpc) is 3.86. The van der Waals surface area contributed by atoms with Gasteiger partial charge in [-0.05, 0) is 70.1 Å². The largest absolute Gasteiger partial charge is 0.483 e. The van der Waals surface area contributed by atoms with Crippen molar-refractivity contribution in [1.29, 1.82) is 0 Å². The smallest absolute Gasteiger partial charge is 0.409 e. The standard InChI is InChI=1S/C39H54N6O10/c1-4-6-20-54-39(51)44-18-16-43(17-19-44)38(50)29(13-14-35(47)53-22-21-52-5-2)42-36(48)31-24-33(28-12-9-26(3)23-30(28)41-31)55-25-34(46)45-15-7-8-32(45)37(49)40-27-10-11-27/h9,12,23-24,27,29,32H,4-8,10-11,13-22,25H2,1-3H3,(H,40,49)(H,42,48)/t29-,32-/m0/s1. The van der Waals surface area contributed by atoms with Crippen LogP contribution in [-0.4, -0.2) is 139 Å². The third kappa shape index (κ3) is 11.7. The number of aryl methyl sites for hydroxylation is 1. The molecule has 1 aromatic carbocycles. The maximum Gasteiger partial charge on any atom is 0.409 e. The van der Waals surface area contributed by atoms with Gasteiger partial charge in [0.15, 0.2) is 6.61 Å². The first-order valence-corrected chi connectivity index (χ1v) is 19.5. The summed E-state index contributed by atoms with van der Waals surface area (Å²) in [7, 11) is 0. The Balaban J connectivity index is 1.29. The zero-order valence-electron chi connectivity index (χ0n) is 32.1. The third-order valence-corrected chi connectivity index (χ3v) is 9.82. The lowest BCUT2D eigenvalue weighted by molar-refractivity contribution is -0.145. The van der Waals surface area contributed by atoms with Gasteiger partial charge in [0.2, 0.25) is 11.8 Å². The van der Waals surface area contributed by atoms with Crippen LogP contribution in [0.25, 0.3) is 10.9 Å². The van der Waals surface area contributed by atoms with Crippen LogP contribution in [0, 0.1) is 6.92 Å². The molecule has 0 unspecified atom stereocenters. The number of likely N-dealkylation sites (tertiary alicyclic amines) is 1. The highest BCUT2D eigenvalue weighted by Gasteiger charge is 2.37. The van der Waals surface area contributed by atoms with Crippen LogP contribution in [0.15, 0.2) is 24.3 Å². The summed E-state index contributed by atoms with van der Waals surface area (Å²) in [6, 6.07) is 5.39. The minimum absolute atomic E-state index is 0.0484. The number of carbonyl (C=O) groups excluding carboxylic acids is 6. The van der Waals surface area contributed by atoms with Gasteiger partial charge in [-0.2, -0.15) is 0 Å². The molecule has 16 heteroatoms. The van der Waals surface area contributed by atoms with Gasteiger partial charge in [-0.3, -0.25) is 24.0 Å². The van der Waals surface area contributed by atoms with E-state index in [1.807, 2.05) is 26.8 Å². The number of rotatable bonds is 18. The fraction of sp³-hybridized carbons (Fsp3) is 0.615. The number of ether oxygens (including phenoxy) is 4. The van der Waals surface area contributed by atoms with Crippen LogP contribution < -0.4 is 15.4 Å². The van der Waals surface area contributed by atoms with Gasteiger partial charge in [-0.25, -0.2) is 9.78 Å². The number of hydrogen-bond acceptors (Lipinski definition) is 11. The summed E-state index contributed by atoms with van der Waals surface area (Å²) < 4.78 is 21.9. The zero-order chi connectivity index (χ0) is 39.3. The fourth-order valence-electron chi connectivity index (χ4n) is 6.54. The second kappa shape index (κ2) is 20.1. The van der Waals surface area contributed by atoms with Gasteiger partial charge in [-0.1, -0.05) is 19.4 Å². The molecular weight excluding hydrogens is 712 g/mol. The molecule has 2 atom stereocenters. The first-order valence-electron chi connectivity index (χ1n) is 19.5. The maximum absolute atomic E-state index is 13.9. The number of nitrogens with one attached hydrogen (secondary N) is 2. The molecule has 2 aromatic rings. The minimum atomic E-state index is -1.12. The molecule has 2 aliphatic heterocycles. The van der Waals surface area contributed by atoms with Crippen LogP contribution in [0.4, 0.5) is 4.79 Å². The predicted molar refractivity (Wildman–Crippen MR) is 200 cm³/mol. The second-order valence-corrected chi connectivity index (χ2v) is 14.1. The van der Waals surface area contributed by atoms with Crippen molar-refractivity contribution in [2.45, 2.75) is 90.3 Å². The fourth-order valence-corrected chi connectivity index (χ4v) is 6.54. The molecule has 1 saturated carbocycles. The number of hydrogen-bond donors (Lipinski definition) is 2. The summed E-state index contributed by atoms with van der Waals surface area (Å²) in [5.74, 6) is -1.90. The number of amides is 5. The molecule has 16 nitrogen and oxygen atoms in total. The molecule has 0 spiro atoms. The van der Waals surface area contributed by atoms with Crippen molar-refractivity contribution >= 4 is 46.6 Å². The molecule has 5 amide bonds. The quantitative estimate of drug-likeness (QED) is 0.168. The van der Waals surface area contributed by atoms with E-state index in [-0.39, 0.29) is 88.1 Å². The van der Waals surface area contributed by atoms with E-state index in [0.29, 0.717) is 43.5 Å². The van der Waals surface area contributed by atoms with Gasteiger partial charge in [-0.15, -0.1) is 0 Å². The van der Waals surface area contributed by atoms with Crippen molar-refractivity contribution in [3.8, 4) is 5.75 Å². The molecule has 55 heavy (non-hydrogen) atoms. The minimum Gasteiger partial charge on any atom is -0.483 e. The average molecular weight is 767 g/mol. The van der Waals surface area contributed by atoms with Gasteiger partial charge in [0.25, 0.3) is 11.8 Å². The predicted octanol–water partition coefficient (Wildman–Crippen LogP) is 2.73. The SMILES string of the molecule is CCCCOC(=O)N1CCN(C(=O)[C@H](CCC(=O)OCCOCC)NC(=O)c2cc(OCC(=O)N3CCC[C@H]3C(=O)NC3CC3)c3ccc(C)cc3n2)CC1. The maximum atomic E-state index is 13.9.